The minimum Gasteiger partial charge on any atom is -0.468 e. The summed E-state index contributed by atoms with van der Waals surface area (Å²) >= 11 is 0. The van der Waals surface area contributed by atoms with Gasteiger partial charge in [0.15, 0.2) is 11.5 Å². The van der Waals surface area contributed by atoms with Crippen LogP contribution in [0.3, 0.4) is 0 Å². The molecule has 0 spiro atoms. The van der Waals surface area contributed by atoms with Gasteiger partial charge in [-0.2, -0.15) is 0 Å². The van der Waals surface area contributed by atoms with E-state index in [0.29, 0.717) is 30.7 Å². The molecule has 0 aromatic heterocycles. The van der Waals surface area contributed by atoms with E-state index >= 15 is 0 Å². The third kappa shape index (κ3) is 13.4. The number of esters is 4. The van der Waals surface area contributed by atoms with Crippen LogP contribution in [0.25, 0.3) is 0 Å². The van der Waals surface area contributed by atoms with Gasteiger partial charge in [0.25, 0.3) is 0 Å². The summed E-state index contributed by atoms with van der Waals surface area (Å²) in [6.45, 7) is 9.81. The van der Waals surface area contributed by atoms with Gasteiger partial charge in [0, 0.05) is 32.1 Å². The average Bonchev–Trinajstić information content (AvgIpc) is 2.88. The molecular formula is C31H49NO8. The number of rotatable bonds is 19. The Morgan fingerprint density at radius 2 is 1.40 bits per heavy atom. The quantitative estimate of drug-likeness (QED) is 0.125. The number of unbranched alkanes of at least 4 members (excludes halogenated alkanes) is 4. The van der Waals surface area contributed by atoms with E-state index in [2.05, 4.69) is 0 Å². The van der Waals surface area contributed by atoms with Crippen molar-refractivity contribution >= 4 is 23.9 Å². The van der Waals surface area contributed by atoms with Crippen molar-refractivity contribution in [3.8, 4) is 11.5 Å². The SMILES string of the molecule is CCCCCC(=O)Oc1ccc(CC(N)(C[C@H](C)OC(=O)CCC(C)C)C(=O)OC)cc1OC(=O)CCCCC. The highest BCUT2D eigenvalue weighted by molar-refractivity contribution is 5.81. The fraction of sp³-hybridized carbons (Fsp3) is 0.677. The van der Waals surface area contributed by atoms with E-state index in [1.807, 2.05) is 27.7 Å². The van der Waals surface area contributed by atoms with E-state index < -0.39 is 29.6 Å². The minimum absolute atomic E-state index is 0.0126. The second kappa shape index (κ2) is 18.4. The highest BCUT2D eigenvalue weighted by atomic mass is 16.6. The van der Waals surface area contributed by atoms with Crippen LogP contribution < -0.4 is 15.2 Å². The van der Waals surface area contributed by atoms with Gasteiger partial charge in [-0.1, -0.05) is 59.4 Å². The van der Waals surface area contributed by atoms with Crippen molar-refractivity contribution in [2.45, 2.75) is 123 Å². The Balaban J connectivity index is 3.15. The molecule has 0 heterocycles. The Kier molecular flexibility index (Phi) is 16.2. The van der Waals surface area contributed by atoms with Crippen LogP contribution in [-0.4, -0.2) is 42.6 Å². The highest BCUT2D eigenvalue weighted by Gasteiger charge is 2.38. The third-order valence-electron chi connectivity index (χ3n) is 6.45. The van der Waals surface area contributed by atoms with Crippen LogP contribution in [0.2, 0.25) is 0 Å². The Bertz CT molecular complexity index is 961. The summed E-state index contributed by atoms with van der Waals surface area (Å²) in [5.74, 6) is -1.30. The summed E-state index contributed by atoms with van der Waals surface area (Å²) in [7, 11) is 1.24. The normalized spacial score (nSPS) is 13.3. The van der Waals surface area contributed by atoms with Crippen molar-refractivity contribution in [3.05, 3.63) is 23.8 Å². The molecule has 0 radical (unpaired) electrons. The van der Waals surface area contributed by atoms with Crippen LogP contribution in [-0.2, 0) is 35.1 Å². The predicted octanol–water partition coefficient (Wildman–Crippen LogP) is 5.83. The van der Waals surface area contributed by atoms with Crippen LogP contribution >= 0.6 is 0 Å². The molecule has 2 N–H and O–H groups in total. The van der Waals surface area contributed by atoms with Gasteiger partial charge >= 0.3 is 23.9 Å². The summed E-state index contributed by atoms with van der Waals surface area (Å²) in [5, 5.41) is 0. The molecule has 1 rings (SSSR count). The average molecular weight is 564 g/mol. The molecule has 40 heavy (non-hydrogen) atoms. The summed E-state index contributed by atoms with van der Waals surface area (Å²) in [6, 6.07) is 4.75. The Morgan fingerprint density at radius 1 is 0.825 bits per heavy atom. The first-order valence-electron chi connectivity index (χ1n) is 14.5. The second-order valence-corrected chi connectivity index (χ2v) is 10.9. The van der Waals surface area contributed by atoms with Crippen molar-refractivity contribution in [2.75, 3.05) is 7.11 Å². The van der Waals surface area contributed by atoms with Crippen LogP contribution in [0, 0.1) is 5.92 Å². The fourth-order valence-electron chi connectivity index (χ4n) is 4.25. The zero-order valence-electron chi connectivity index (χ0n) is 25.2. The molecule has 0 aliphatic heterocycles. The second-order valence-electron chi connectivity index (χ2n) is 10.9. The number of hydrogen-bond donors (Lipinski definition) is 1. The topological polar surface area (TPSA) is 131 Å². The maximum absolute atomic E-state index is 12.8. The van der Waals surface area contributed by atoms with Crippen molar-refractivity contribution in [3.63, 3.8) is 0 Å². The van der Waals surface area contributed by atoms with E-state index in [1.54, 1.807) is 19.1 Å². The van der Waals surface area contributed by atoms with Crippen LogP contribution in [0.15, 0.2) is 18.2 Å². The van der Waals surface area contributed by atoms with Crippen LogP contribution in [0.5, 0.6) is 11.5 Å². The molecule has 9 heteroatoms. The summed E-state index contributed by atoms with van der Waals surface area (Å²) in [4.78, 5) is 49.9. The predicted molar refractivity (Wildman–Crippen MR) is 153 cm³/mol. The van der Waals surface area contributed by atoms with Crippen molar-refractivity contribution in [1.29, 1.82) is 0 Å². The van der Waals surface area contributed by atoms with E-state index in [0.717, 1.165) is 25.7 Å². The first kappa shape index (κ1) is 35.1. The van der Waals surface area contributed by atoms with Crippen molar-refractivity contribution in [2.24, 2.45) is 11.7 Å². The Morgan fingerprint density at radius 3 is 1.93 bits per heavy atom. The fourth-order valence-corrected chi connectivity index (χ4v) is 4.25. The zero-order chi connectivity index (χ0) is 30.1. The first-order valence-corrected chi connectivity index (χ1v) is 14.5. The lowest BCUT2D eigenvalue weighted by Crippen LogP contribution is -2.53. The van der Waals surface area contributed by atoms with Gasteiger partial charge in [0.2, 0.25) is 0 Å². The molecule has 0 saturated carbocycles. The minimum atomic E-state index is -1.52. The molecule has 1 unspecified atom stereocenters. The number of carbonyl (C=O) groups is 4. The van der Waals surface area contributed by atoms with Gasteiger partial charge in [0.1, 0.15) is 11.6 Å². The lowest BCUT2D eigenvalue weighted by atomic mass is 9.86. The summed E-state index contributed by atoms with van der Waals surface area (Å²) < 4.78 is 21.6. The molecule has 0 aliphatic rings. The van der Waals surface area contributed by atoms with Gasteiger partial charge in [-0.05, 0) is 49.8 Å². The number of nitrogens with two attached hydrogens (primary N) is 1. The molecule has 0 aliphatic carbocycles. The molecule has 9 nitrogen and oxygen atoms in total. The van der Waals surface area contributed by atoms with Crippen molar-refractivity contribution in [1.82, 2.24) is 0 Å². The van der Waals surface area contributed by atoms with E-state index in [9.17, 15) is 19.2 Å². The number of methoxy groups -OCH3 is 1. The maximum atomic E-state index is 12.8. The smallest absolute Gasteiger partial charge is 0.326 e. The lowest BCUT2D eigenvalue weighted by molar-refractivity contribution is -0.155. The Hall–Kier alpha value is -2.94. The van der Waals surface area contributed by atoms with Gasteiger partial charge in [0.05, 0.1) is 7.11 Å². The number of benzene rings is 1. The molecule has 1 aromatic carbocycles. The van der Waals surface area contributed by atoms with Crippen LogP contribution in [0.1, 0.15) is 111 Å². The zero-order valence-corrected chi connectivity index (χ0v) is 25.2. The summed E-state index contributed by atoms with van der Waals surface area (Å²) in [5.41, 5.74) is 5.59. The monoisotopic (exact) mass is 563 g/mol. The van der Waals surface area contributed by atoms with E-state index in [-0.39, 0.29) is 49.6 Å². The summed E-state index contributed by atoms with van der Waals surface area (Å²) in [6.07, 6.45) is 5.97. The van der Waals surface area contributed by atoms with Gasteiger partial charge in [-0.15, -0.1) is 0 Å². The molecule has 0 fully saturated rings. The van der Waals surface area contributed by atoms with Gasteiger partial charge in [-0.3, -0.25) is 19.2 Å². The van der Waals surface area contributed by atoms with Gasteiger partial charge in [-0.25, -0.2) is 0 Å². The number of ether oxygens (including phenoxy) is 4. The lowest BCUT2D eigenvalue weighted by Gasteiger charge is -2.29. The first-order chi connectivity index (χ1) is 18.9. The molecular weight excluding hydrogens is 514 g/mol. The molecule has 0 amide bonds. The number of hydrogen-bond acceptors (Lipinski definition) is 9. The van der Waals surface area contributed by atoms with Gasteiger partial charge < -0.3 is 24.7 Å². The number of carbonyl (C=O) groups excluding carboxylic acids is 4. The third-order valence-corrected chi connectivity index (χ3v) is 6.45. The van der Waals surface area contributed by atoms with Crippen LogP contribution in [0.4, 0.5) is 0 Å². The van der Waals surface area contributed by atoms with E-state index in [4.69, 9.17) is 24.7 Å². The largest absolute Gasteiger partial charge is 0.468 e. The standard InChI is InChI=1S/C31H49NO8/c1-7-9-11-13-27(33)39-25-17-16-24(19-26(25)40-28(34)14-12-10-8-2)21-31(32,30(36)37-6)20-23(5)38-29(35)18-15-22(3)4/h16-17,19,22-23H,7-15,18,20-21,32H2,1-6H3/t23-,31?/m0/s1. The Labute approximate surface area is 239 Å². The molecule has 2 atom stereocenters. The molecule has 226 valence electrons. The van der Waals surface area contributed by atoms with E-state index in [1.165, 1.54) is 13.2 Å². The van der Waals surface area contributed by atoms with Crippen molar-refractivity contribution < 1.29 is 38.1 Å². The molecule has 0 bridgehead atoms. The molecule has 1 aromatic rings. The maximum Gasteiger partial charge on any atom is 0.326 e. The molecule has 0 saturated heterocycles. The highest BCUT2D eigenvalue weighted by Crippen LogP contribution is 2.32.